The van der Waals surface area contributed by atoms with Crippen LogP contribution >= 0.6 is 0 Å². The van der Waals surface area contributed by atoms with E-state index in [-0.39, 0.29) is 18.8 Å². The minimum atomic E-state index is -1.27. The Hall–Kier alpha value is -3.77. The Morgan fingerprint density at radius 2 is 1.59 bits per heavy atom. The van der Waals surface area contributed by atoms with Gasteiger partial charge in [0.15, 0.2) is 0 Å². The van der Waals surface area contributed by atoms with Gasteiger partial charge in [-0.05, 0) is 75.5 Å². The van der Waals surface area contributed by atoms with Crippen LogP contribution in [0.1, 0.15) is 87.6 Å². The highest BCUT2D eigenvalue weighted by molar-refractivity contribution is 5.93. The zero-order valence-electron chi connectivity index (χ0n) is 27.1. The molecule has 12 nitrogen and oxygen atoms in total. The number of carbonyl (C=O) groups excluding carboxylic acids is 3. The van der Waals surface area contributed by atoms with Gasteiger partial charge in [-0.3, -0.25) is 14.4 Å². The number of carboxylic acid groups (broad SMARTS) is 1. The van der Waals surface area contributed by atoms with Crippen molar-refractivity contribution >= 4 is 23.7 Å². The number of rotatable bonds is 20. The zero-order valence-corrected chi connectivity index (χ0v) is 27.1. The maximum atomic E-state index is 13.2. The van der Waals surface area contributed by atoms with Gasteiger partial charge in [0, 0.05) is 18.9 Å². The smallest absolute Gasteiger partial charge is 0.326 e. The summed E-state index contributed by atoms with van der Waals surface area (Å²) in [5.74, 6) is -1.64. The molecule has 1 aromatic carbocycles. The molecule has 0 spiro atoms. The molecule has 3 rings (SSSR count). The van der Waals surface area contributed by atoms with Gasteiger partial charge in [0.2, 0.25) is 17.7 Å². The van der Waals surface area contributed by atoms with Gasteiger partial charge in [-0.2, -0.15) is 0 Å². The number of aromatic nitrogens is 2. The summed E-state index contributed by atoms with van der Waals surface area (Å²) < 4.78 is 2.13. The third kappa shape index (κ3) is 12.6. The molecule has 0 unspecified atom stereocenters. The van der Waals surface area contributed by atoms with Crippen LogP contribution in [0.25, 0.3) is 0 Å². The monoisotopic (exact) mass is 640 g/mol. The number of aliphatic hydroxyl groups is 1. The molecule has 1 fully saturated rings. The minimum absolute atomic E-state index is 0.0197. The van der Waals surface area contributed by atoms with Crippen molar-refractivity contribution in [1.82, 2.24) is 25.5 Å². The van der Waals surface area contributed by atoms with E-state index in [1.807, 2.05) is 37.4 Å². The molecule has 46 heavy (non-hydrogen) atoms. The molecule has 254 valence electrons. The molecule has 2 aromatic rings. The molecule has 0 bridgehead atoms. The highest BCUT2D eigenvalue weighted by Gasteiger charge is 2.31. The molecule has 12 heteroatoms. The molecule has 1 aliphatic carbocycles. The lowest BCUT2D eigenvalue weighted by molar-refractivity contribution is -0.143. The van der Waals surface area contributed by atoms with Crippen molar-refractivity contribution in [1.29, 1.82) is 0 Å². The van der Waals surface area contributed by atoms with E-state index in [0.717, 1.165) is 69.3 Å². The fourth-order valence-corrected chi connectivity index (χ4v) is 5.98. The number of nitrogens with one attached hydrogen (secondary N) is 3. The Labute approximate surface area is 271 Å². The Morgan fingerprint density at radius 3 is 2.22 bits per heavy atom. The minimum Gasteiger partial charge on any atom is -0.480 e. The molecular weight excluding hydrogens is 588 g/mol. The maximum Gasteiger partial charge on any atom is 0.326 e. The maximum absolute atomic E-state index is 13.2. The Morgan fingerprint density at radius 1 is 0.913 bits per heavy atom. The molecule has 0 radical (unpaired) electrons. The first-order valence-electron chi connectivity index (χ1n) is 16.7. The number of aryl methyl sites for hydroxylation is 3. The Bertz CT molecular complexity index is 1240. The van der Waals surface area contributed by atoms with Crippen LogP contribution in [0.4, 0.5) is 0 Å². The number of nitrogens with two attached hydrogens (primary N) is 1. The number of amides is 3. The highest BCUT2D eigenvalue weighted by Crippen LogP contribution is 2.27. The van der Waals surface area contributed by atoms with Gasteiger partial charge in [-0.1, -0.05) is 56.4 Å². The van der Waals surface area contributed by atoms with Crippen molar-refractivity contribution in [2.45, 2.75) is 115 Å². The van der Waals surface area contributed by atoms with E-state index in [4.69, 9.17) is 5.73 Å². The number of aliphatic carboxylic acids is 1. The van der Waals surface area contributed by atoms with Crippen molar-refractivity contribution in [3.63, 3.8) is 0 Å². The van der Waals surface area contributed by atoms with Crippen LogP contribution in [0.2, 0.25) is 0 Å². The van der Waals surface area contributed by atoms with E-state index in [2.05, 4.69) is 25.5 Å². The second-order valence-corrected chi connectivity index (χ2v) is 12.4. The summed E-state index contributed by atoms with van der Waals surface area (Å²) in [4.78, 5) is 55.3. The third-order valence-corrected chi connectivity index (χ3v) is 8.75. The van der Waals surface area contributed by atoms with E-state index >= 15 is 0 Å². The summed E-state index contributed by atoms with van der Waals surface area (Å²) in [7, 11) is 0. The molecular formula is C34H52N6O6. The number of carbonyl (C=O) groups is 4. The molecule has 1 heterocycles. The Balaban J connectivity index is 1.50. The summed E-state index contributed by atoms with van der Waals surface area (Å²) in [5.41, 5.74) is 7.55. The number of aliphatic hydroxyl groups excluding tert-OH is 1. The quantitative estimate of drug-likeness (QED) is 0.119. The summed E-state index contributed by atoms with van der Waals surface area (Å²) in [6, 6.07) is 4.38. The van der Waals surface area contributed by atoms with Crippen LogP contribution in [0, 0.1) is 12.8 Å². The molecule has 0 saturated heterocycles. The molecule has 3 atom stereocenters. The van der Waals surface area contributed by atoms with Crippen molar-refractivity contribution in [3.8, 4) is 0 Å². The predicted octanol–water partition coefficient (Wildman–Crippen LogP) is 2.39. The highest BCUT2D eigenvalue weighted by atomic mass is 16.4. The van der Waals surface area contributed by atoms with Crippen LogP contribution in [0.3, 0.4) is 0 Å². The first-order chi connectivity index (χ1) is 22.2. The SMILES string of the molecule is Cc1nccn1CCCCc1ccc(CC(=O)N[C@H](CO)C(=O)N[C@@H](CCCCN)C(=O)N[C@H](CC2CCCCC2)C(=O)O)cc1. The van der Waals surface area contributed by atoms with Gasteiger partial charge in [0.25, 0.3) is 0 Å². The Kier molecular flexibility index (Phi) is 15.7. The summed E-state index contributed by atoms with van der Waals surface area (Å²) in [6.45, 7) is 2.66. The van der Waals surface area contributed by atoms with Crippen molar-refractivity contribution < 1.29 is 29.4 Å². The third-order valence-electron chi connectivity index (χ3n) is 8.75. The van der Waals surface area contributed by atoms with Crippen molar-refractivity contribution in [2.75, 3.05) is 13.2 Å². The standard InChI is InChI=1S/C34H52N6O6/c1-24-36-18-20-40(24)19-8-6-9-25-13-15-27(16-14-25)22-31(42)37-30(23-41)33(44)38-28(12-5-7-17-35)32(43)39-29(34(45)46)21-26-10-3-2-4-11-26/h13-16,18,20,26,28-30,41H,2-12,17,19,21-23,35H2,1H3,(H,37,42)(H,38,44)(H,39,43)(H,45,46)/t28-,29+,30+/m0/s1. The molecule has 1 aliphatic rings. The van der Waals surface area contributed by atoms with Crippen LogP contribution in [-0.2, 0) is 38.6 Å². The van der Waals surface area contributed by atoms with Crippen molar-refractivity contribution in [3.05, 3.63) is 53.6 Å². The predicted molar refractivity (Wildman–Crippen MR) is 175 cm³/mol. The lowest BCUT2D eigenvalue weighted by atomic mass is 9.84. The largest absolute Gasteiger partial charge is 0.480 e. The number of unbranched alkanes of at least 4 members (excludes halogenated alkanes) is 2. The fourth-order valence-electron chi connectivity index (χ4n) is 5.98. The van der Waals surface area contributed by atoms with Crippen LogP contribution < -0.4 is 21.7 Å². The van der Waals surface area contributed by atoms with Crippen molar-refractivity contribution in [2.24, 2.45) is 11.7 Å². The zero-order chi connectivity index (χ0) is 33.3. The van der Waals surface area contributed by atoms with Crippen LogP contribution in [0.15, 0.2) is 36.7 Å². The molecule has 1 saturated carbocycles. The van der Waals surface area contributed by atoms with E-state index in [0.29, 0.717) is 25.8 Å². The normalized spacial score (nSPS) is 15.5. The number of nitrogens with zero attached hydrogens (tertiary/aromatic N) is 2. The topological polar surface area (TPSA) is 189 Å². The lowest BCUT2D eigenvalue weighted by Crippen LogP contribution is -2.56. The molecule has 1 aromatic heterocycles. The van der Waals surface area contributed by atoms with Gasteiger partial charge in [0.05, 0.1) is 13.0 Å². The molecule has 7 N–H and O–H groups in total. The second-order valence-electron chi connectivity index (χ2n) is 12.4. The number of benzene rings is 1. The van der Waals surface area contributed by atoms with Gasteiger partial charge in [0.1, 0.15) is 23.9 Å². The first kappa shape index (κ1) is 36.7. The van der Waals surface area contributed by atoms with Crippen LogP contribution in [-0.4, -0.2) is 74.7 Å². The summed E-state index contributed by atoms with van der Waals surface area (Å²) in [5, 5.41) is 27.5. The van der Waals surface area contributed by atoms with Gasteiger partial charge in [-0.25, -0.2) is 9.78 Å². The number of imidazole rings is 1. The first-order valence-corrected chi connectivity index (χ1v) is 16.7. The average molecular weight is 641 g/mol. The van der Waals surface area contributed by atoms with E-state index < -0.39 is 48.4 Å². The molecule has 0 aliphatic heterocycles. The molecule has 3 amide bonds. The average Bonchev–Trinajstić information content (AvgIpc) is 3.46. The van der Waals surface area contributed by atoms with E-state index in [1.165, 1.54) is 5.56 Å². The summed E-state index contributed by atoms with van der Waals surface area (Å²) in [6.07, 6.45) is 13.6. The number of hydrogen-bond acceptors (Lipinski definition) is 7. The van der Waals surface area contributed by atoms with E-state index in [9.17, 15) is 29.4 Å². The number of carboxylic acids is 1. The lowest BCUT2D eigenvalue weighted by Gasteiger charge is -2.27. The fraction of sp³-hybridized carbons (Fsp3) is 0.618. The summed E-state index contributed by atoms with van der Waals surface area (Å²) >= 11 is 0. The second kappa shape index (κ2) is 19.7. The van der Waals surface area contributed by atoms with Crippen LogP contribution in [0.5, 0.6) is 0 Å². The van der Waals surface area contributed by atoms with Gasteiger partial charge < -0.3 is 36.5 Å². The number of hydrogen-bond donors (Lipinski definition) is 6. The van der Waals surface area contributed by atoms with Gasteiger partial charge >= 0.3 is 5.97 Å². The van der Waals surface area contributed by atoms with E-state index in [1.54, 1.807) is 6.20 Å². The van der Waals surface area contributed by atoms with Gasteiger partial charge in [-0.15, -0.1) is 0 Å².